The van der Waals surface area contributed by atoms with Crippen LogP contribution in [-0.4, -0.2) is 19.8 Å². The van der Waals surface area contributed by atoms with E-state index >= 15 is 0 Å². The summed E-state index contributed by atoms with van der Waals surface area (Å²) in [6.45, 7) is 2.74. The molecule has 0 aromatic heterocycles. The first-order valence-electron chi connectivity index (χ1n) is 3.69. The Balaban J connectivity index is 1.93. The van der Waals surface area contributed by atoms with Gasteiger partial charge >= 0.3 is 0 Å². The fourth-order valence-electron chi connectivity index (χ4n) is 1.78. The van der Waals surface area contributed by atoms with E-state index in [-0.39, 0.29) is 0 Å². The minimum absolute atomic E-state index is 0.684. The van der Waals surface area contributed by atoms with Crippen LogP contribution in [0.1, 0.15) is 6.42 Å². The zero-order valence-electron chi connectivity index (χ0n) is 5.55. The van der Waals surface area contributed by atoms with E-state index in [1.54, 1.807) is 0 Å². The molecule has 0 bridgehead atoms. The van der Waals surface area contributed by atoms with E-state index in [4.69, 9.17) is 10.5 Å². The Bertz CT molecular complexity index is 115. The predicted octanol–water partition coefficient (Wildman–Crippen LogP) is 0.228. The summed E-state index contributed by atoms with van der Waals surface area (Å²) in [6.07, 6.45) is 1.38. The van der Waals surface area contributed by atoms with Crippen molar-refractivity contribution >= 4 is 0 Å². The van der Waals surface area contributed by atoms with Gasteiger partial charge in [-0.3, -0.25) is 0 Å². The highest BCUT2D eigenvalue weighted by atomic mass is 16.5. The Labute approximate surface area is 55.4 Å². The zero-order chi connectivity index (χ0) is 6.27. The molecule has 52 valence electrons. The normalized spacial score (nSPS) is 48.3. The lowest BCUT2D eigenvalue weighted by atomic mass is 10.0. The van der Waals surface area contributed by atoms with Crippen molar-refractivity contribution in [3.8, 4) is 0 Å². The van der Waals surface area contributed by atoms with Crippen LogP contribution in [0.2, 0.25) is 0 Å². The molecular weight excluding hydrogens is 114 g/mol. The van der Waals surface area contributed by atoms with Crippen LogP contribution < -0.4 is 5.73 Å². The fourth-order valence-corrected chi connectivity index (χ4v) is 1.78. The lowest BCUT2D eigenvalue weighted by Crippen LogP contribution is -2.27. The molecule has 9 heavy (non-hydrogen) atoms. The highest BCUT2D eigenvalue weighted by Gasteiger charge is 2.45. The van der Waals surface area contributed by atoms with Gasteiger partial charge in [0.05, 0.1) is 6.61 Å². The third-order valence-corrected chi connectivity index (χ3v) is 2.55. The Morgan fingerprint density at radius 3 is 3.00 bits per heavy atom. The number of hydrogen-bond donors (Lipinski definition) is 1. The van der Waals surface area contributed by atoms with Crippen molar-refractivity contribution in [1.29, 1.82) is 0 Å². The van der Waals surface area contributed by atoms with Gasteiger partial charge in [0.2, 0.25) is 0 Å². The van der Waals surface area contributed by atoms with Gasteiger partial charge in [0, 0.05) is 6.61 Å². The fraction of sp³-hybridized carbons (Fsp3) is 1.00. The molecule has 0 spiro atoms. The van der Waals surface area contributed by atoms with Crippen LogP contribution in [0, 0.1) is 17.8 Å². The highest BCUT2D eigenvalue weighted by Crippen LogP contribution is 2.46. The monoisotopic (exact) mass is 127 g/mol. The maximum Gasteiger partial charge on any atom is 0.0509 e. The van der Waals surface area contributed by atoms with Gasteiger partial charge in [-0.1, -0.05) is 0 Å². The lowest BCUT2D eigenvalue weighted by Gasteiger charge is -2.19. The molecule has 0 radical (unpaired) electrons. The molecule has 2 heteroatoms. The van der Waals surface area contributed by atoms with Gasteiger partial charge in [-0.25, -0.2) is 0 Å². The summed E-state index contributed by atoms with van der Waals surface area (Å²) in [5, 5.41) is 0. The van der Waals surface area contributed by atoms with Gasteiger partial charge in [0.15, 0.2) is 0 Å². The summed E-state index contributed by atoms with van der Waals surface area (Å²) in [5.74, 6) is 2.50. The Morgan fingerprint density at radius 2 is 2.33 bits per heavy atom. The first kappa shape index (κ1) is 5.69. The molecule has 2 rings (SSSR count). The highest BCUT2D eigenvalue weighted by molar-refractivity contribution is 4.94. The average Bonchev–Trinajstić information content (AvgIpc) is 2.64. The van der Waals surface area contributed by atoms with Gasteiger partial charge in [0.1, 0.15) is 0 Å². The molecule has 0 aromatic carbocycles. The second kappa shape index (κ2) is 1.96. The Hall–Kier alpha value is -0.0800. The average molecular weight is 127 g/mol. The van der Waals surface area contributed by atoms with E-state index in [9.17, 15) is 0 Å². The molecule has 2 nitrogen and oxygen atoms in total. The number of ether oxygens (including phenoxy) is 1. The topological polar surface area (TPSA) is 35.2 Å². The number of fused-ring (bicyclic) bond motifs is 1. The molecule has 1 aliphatic heterocycles. The lowest BCUT2D eigenvalue weighted by molar-refractivity contribution is 0.0502. The number of hydrogen-bond acceptors (Lipinski definition) is 2. The Kier molecular flexibility index (Phi) is 1.24. The molecule has 0 amide bonds. The van der Waals surface area contributed by atoms with Gasteiger partial charge in [0.25, 0.3) is 0 Å². The summed E-state index contributed by atoms with van der Waals surface area (Å²) >= 11 is 0. The second-order valence-corrected chi connectivity index (χ2v) is 3.19. The molecule has 1 heterocycles. The van der Waals surface area contributed by atoms with Crippen molar-refractivity contribution in [3.63, 3.8) is 0 Å². The van der Waals surface area contributed by atoms with E-state index in [1.165, 1.54) is 6.42 Å². The van der Waals surface area contributed by atoms with Crippen LogP contribution >= 0.6 is 0 Å². The van der Waals surface area contributed by atoms with Crippen molar-refractivity contribution in [1.82, 2.24) is 0 Å². The van der Waals surface area contributed by atoms with Gasteiger partial charge in [-0.05, 0) is 30.7 Å². The quantitative estimate of drug-likeness (QED) is 0.547. The van der Waals surface area contributed by atoms with Crippen molar-refractivity contribution < 1.29 is 4.74 Å². The summed E-state index contributed by atoms with van der Waals surface area (Å²) in [6, 6.07) is 0. The molecule has 0 unspecified atom stereocenters. The van der Waals surface area contributed by atoms with Crippen molar-refractivity contribution in [2.24, 2.45) is 23.5 Å². The first-order chi connectivity index (χ1) is 4.42. The maximum absolute atomic E-state index is 5.54. The summed E-state index contributed by atoms with van der Waals surface area (Å²) < 4.78 is 5.35. The first-order valence-corrected chi connectivity index (χ1v) is 3.69. The third kappa shape index (κ3) is 0.864. The van der Waals surface area contributed by atoms with Crippen molar-refractivity contribution in [3.05, 3.63) is 0 Å². The van der Waals surface area contributed by atoms with E-state index in [0.29, 0.717) is 5.92 Å². The van der Waals surface area contributed by atoms with E-state index in [1.807, 2.05) is 0 Å². The summed E-state index contributed by atoms with van der Waals surface area (Å²) in [4.78, 5) is 0. The van der Waals surface area contributed by atoms with Crippen LogP contribution in [0.4, 0.5) is 0 Å². The molecule has 1 aliphatic carbocycles. The van der Waals surface area contributed by atoms with E-state index in [0.717, 1.165) is 31.6 Å². The van der Waals surface area contributed by atoms with Crippen LogP contribution in [0.25, 0.3) is 0 Å². The third-order valence-electron chi connectivity index (χ3n) is 2.55. The van der Waals surface area contributed by atoms with Crippen LogP contribution in [-0.2, 0) is 4.74 Å². The SMILES string of the molecule is NC[C@@H]1COC[C@@H]2C[C@H]12. The number of nitrogens with two attached hydrogens (primary N) is 1. The minimum atomic E-state index is 0.684. The summed E-state index contributed by atoms with van der Waals surface area (Å²) in [5.41, 5.74) is 5.54. The van der Waals surface area contributed by atoms with E-state index in [2.05, 4.69) is 0 Å². The molecule has 0 aromatic rings. The van der Waals surface area contributed by atoms with Crippen molar-refractivity contribution in [2.75, 3.05) is 19.8 Å². The van der Waals surface area contributed by atoms with Gasteiger partial charge < -0.3 is 10.5 Å². The Morgan fingerprint density at radius 1 is 1.44 bits per heavy atom. The van der Waals surface area contributed by atoms with E-state index < -0.39 is 0 Å². The smallest absolute Gasteiger partial charge is 0.0509 e. The molecule has 1 saturated heterocycles. The largest absolute Gasteiger partial charge is 0.381 e. The predicted molar refractivity (Wildman–Crippen MR) is 35.0 cm³/mol. The molecule has 2 fully saturated rings. The molecule has 2 N–H and O–H groups in total. The van der Waals surface area contributed by atoms with Gasteiger partial charge in [-0.2, -0.15) is 0 Å². The van der Waals surface area contributed by atoms with Crippen LogP contribution in [0.15, 0.2) is 0 Å². The minimum Gasteiger partial charge on any atom is -0.381 e. The zero-order valence-corrected chi connectivity index (χ0v) is 5.55. The van der Waals surface area contributed by atoms with Crippen LogP contribution in [0.3, 0.4) is 0 Å². The molecule has 3 atom stereocenters. The van der Waals surface area contributed by atoms with Gasteiger partial charge in [-0.15, -0.1) is 0 Å². The molecule has 2 aliphatic rings. The standard InChI is InChI=1S/C7H13NO/c8-2-6-4-9-3-5-1-7(5)6/h5-7H,1-4,8H2/t5-,6+,7-/m0/s1. The molecular formula is C7H13NO. The molecule has 1 saturated carbocycles. The second-order valence-electron chi connectivity index (χ2n) is 3.19. The summed E-state index contributed by atoms with van der Waals surface area (Å²) in [7, 11) is 0. The maximum atomic E-state index is 5.54. The van der Waals surface area contributed by atoms with Crippen LogP contribution in [0.5, 0.6) is 0 Å². The number of rotatable bonds is 1. The van der Waals surface area contributed by atoms with Crippen molar-refractivity contribution in [2.45, 2.75) is 6.42 Å².